The summed E-state index contributed by atoms with van der Waals surface area (Å²) in [6.07, 6.45) is 3.22. The van der Waals surface area contributed by atoms with Gasteiger partial charge in [-0.25, -0.2) is 0 Å². The van der Waals surface area contributed by atoms with E-state index in [1.165, 1.54) is 5.56 Å². The van der Waals surface area contributed by atoms with Crippen molar-refractivity contribution in [2.24, 2.45) is 5.41 Å². The first-order chi connectivity index (χ1) is 8.90. The molecule has 0 bridgehead atoms. The van der Waals surface area contributed by atoms with E-state index < -0.39 is 0 Å². The van der Waals surface area contributed by atoms with Crippen molar-refractivity contribution in [2.45, 2.75) is 53.0 Å². The Hall–Kier alpha value is -0.240. The average Bonchev–Trinajstić information content (AvgIpc) is 2.36. The van der Waals surface area contributed by atoms with Crippen LogP contribution in [0.2, 0.25) is 10.0 Å². The molecule has 1 nitrogen and oxygen atoms in total. The maximum atomic E-state index is 6.29. The maximum absolute atomic E-state index is 6.29. The lowest BCUT2D eigenvalue weighted by molar-refractivity contribution is 0.230. The molecule has 0 aromatic heterocycles. The molecule has 0 amide bonds. The number of nitrogens with one attached hydrogen (secondary N) is 1. The van der Waals surface area contributed by atoms with Gasteiger partial charge in [-0.05, 0) is 48.9 Å². The minimum atomic E-state index is 0.248. The molecule has 0 saturated heterocycles. The Kier molecular flexibility index (Phi) is 6.65. The van der Waals surface area contributed by atoms with Crippen LogP contribution in [0.1, 0.15) is 46.1 Å². The number of rotatable bonds is 7. The van der Waals surface area contributed by atoms with Crippen LogP contribution >= 0.6 is 23.2 Å². The van der Waals surface area contributed by atoms with Crippen molar-refractivity contribution in [1.82, 2.24) is 5.32 Å². The normalized spacial score (nSPS) is 13.6. The Morgan fingerprint density at radius 1 is 1.21 bits per heavy atom. The fraction of sp³-hybridized carbons (Fsp3) is 0.625. The molecule has 1 rings (SSSR count). The molecule has 1 unspecified atom stereocenters. The third-order valence-corrected chi connectivity index (χ3v) is 4.52. The second-order valence-electron chi connectivity index (χ2n) is 5.79. The summed E-state index contributed by atoms with van der Waals surface area (Å²) >= 11 is 12.2. The van der Waals surface area contributed by atoms with E-state index in [4.69, 9.17) is 23.2 Å². The monoisotopic (exact) mass is 301 g/mol. The second-order valence-corrected chi connectivity index (χ2v) is 6.63. The van der Waals surface area contributed by atoms with Crippen LogP contribution in [0.3, 0.4) is 0 Å². The van der Waals surface area contributed by atoms with Gasteiger partial charge in [0.05, 0.1) is 0 Å². The molecule has 0 saturated carbocycles. The molecule has 0 radical (unpaired) electrons. The fourth-order valence-corrected chi connectivity index (χ4v) is 2.58. The zero-order chi connectivity index (χ0) is 14.5. The van der Waals surface area contributed by atoms with Gasteiger partial charge in [-0.3, -0.25) is 0 Å². The molecule has 0 aliphatic heterocycles. The molecule has 19 heavy (non-hydrogen) atoms. The fourth-order valence-electron chi connectivity index (χ4n) is 2.10. The molecule has 1 aromatic carbocycles. The van der Waals surface area contributed by atoms with Gasteiger partial charge in [0.1, 0.15) is 0 Å². The lowest BCUT2D eigenvalue weighted by atomic mass is 9.79. The summed E-state index contributed by atoms with van der Waals surface area (Å²) < 4.78 is 0. The Morgan fingerprint density at radius 2 is 1.89 bits per heavy atom. The summed E-state index contributed by atoms with van der Waals surface area (Å²) in [6, 6.07) is 6.21. The summed E-state index contributed by atoms with van der Waals surface area (Å²) in [5, 5.41) is 5.12. The third-order valence-electron chi connectivity index (χ3n) is 3.93. The molecule has 0 aliphatic carbocycles. The highest BCUT2D eigenvalue weighted by atomic mass is 35.5. The smallest absolute Gasteiger partial charge is 0.0453 e. The summed E-state index contributed by atoms with van der Waals surface area (Å²) in [5.74, 6) is 0. The summed E-state index contributed by atoms with van der Waals surface area (Å²) in [6.45, 7) is 10.1. The molecule has 1 N–H and O–H groups in total. The first-order valence-corrected chi connectivity index (χ1v) is 7.83. The Morgan fingerprint density at radius 3 is 2.42 bits per heavy atom. The SMILES string of the molecule is CCCNC(Cc1ccc(Cl)cc1Cl)C(C)(C)CC. The Balaban J connectivity index is 2.87. The highest BCUT2D eigenvalue weighted by Gasteiger charge is 2.27. The quantitative estimate of drug-likeness (QED) is 0.717. The van der Waals surface area contributed by atoms with Crippen molar-refractivity contribution in [3.05, 3.63) is 33.8 Å². The first-order valence-electron chi connectivity index (χ1n) is 7.08. The number of hydrogen-bond donors (Lipinski definition) is 1. The summed E-state index contributed by atoms with van der Waals surface area (Å²) in [5.41, 5.74) is 1.42. The van der Waals surface area contributed by atoms with Crippen LogP contribution in [0, 0.1) is 5.41 Å². The summed E-state index contributed by atoms with van der Waals surface area (Å²) in [4.78, 5) is 0. The molecule has 0 aliphatic rings. The molecule has 1 atom stereocenters. The van der Waals surface area contributed by atoms with Crippen molar-refractivity contribution >= 4 is 23.2 Å². The average molecular weight is 302 g/mol. The van der Waals surface area contributed by atoms with Crippen molar-refractivity contribution < 1.29 is 0 Å². The minimum Gasteiger partial charge on any atom is -0.313 e. The van der Waals surface area contributed by atoms with E-state index in [0.29, 0.717) is 11.1 Å². The van der Waals surface area contributed by atoms with Crippen LogP contribution in [0.5, 0.6) is 0 Å². The van der Waals surface area contributed by atoms with Gasteiger partial charge in [-0.1, -0.05) is 57.0 Å². The van der Waals surface area contributed by atoms with E-state index >= 15 is 0 Å². The molecule has 0 fully saturated rings. The highest BCUT2D eigenvalue weighted by Crippen LogP contribution is 2.30. The van der Waals surface area contributed by atoms with Crippen LogP contribution in [-0.4, -0.2) is 12.6 Å². The van der Waals surface area contributed by atoms with Gasteiger partial charge in [0.2, 0.25) is 0 Å². The number of hydrogen-bond acceptors (Lipinski definition) is 1. The van der Waals surface area contributed by atoms with Crippen LogP contribution < -0.4 is 5.32 Å². The predicted molar refractivity (Wildman–Crippen MR) is 86.3 cm³/mol. The molecular formula is C16H25Cl2N. The Labute approximate surface area is 127 Å². The molecule has 3 heteroatoms. The van der Waals surface area contributed by atoms with E-state index in [1.807, 2.05) is 18.2 Å². The standard InChI is InChI=1S/C16H25Cl2N/c1-5-9-19-15(16(3,4)6-2)10-12-7-8-13(17)11-14(12)18/h7-8,11,15,19H,5-6,9-10H2,1-4H3. The van der Waals surface area contributed by atoms with Gasteiger partial charge in [-0.2, -0.15) is 0 Å². The van der Waals surface area contributed by atoms with E-state index in [-0.39, 0.29) is 5.41 Å². The molecule has 0 spiro atoms. The van der Waals surface area contributed by atoms with Gasteiger partial charge in [0.25, 0.3) is 0 Å². The molecule has 108 valence electrons. The van der Waals surface area contributed by atoms with Gasteiger partial charge in [-0.15, -0.1) is 0 Å². The Bertz CT molecular complexity index is 402. The van der Waals surface area contributed by atoms with Crippen LogP contribution in [0.25, 0.3) is 0 Å². The lowest BCUT2D eigenvalue weighted by Crippen LogP contribution is -2.43. The highest BCUT2D eigenvalue weighted by molar-refractivity contribution is 6.35. The summed E-state index contributed by atoms with van der Waals surface area (Å²) in [7, 11) is 0. The lowest BCUT2D eigenvalue weighted by Gasteiger charge is -2.35. The van der Waals surface area contributed by atoms with Gasteiger partial charge in [0.15, 0.2) is 0 Å². The van der Waals surface area contributed by atoms with Crippen molar-refractivity contribution in [3.8, 4) is 0 Å². The van der Waals surface area contributed by atoms with Gasteiger partial charge in [0, 0.05) is 16.1 Å². The van der Waals surface area contributed by atoms with Crippen LogP contribution in [-0.2, 0) is 6.42 Å². The topological polar surface area (TPSA) is 12.0 Å². The first kappa shape index (κ1) is 16.8. The zero-order valence-corrected chi connectivity index (χ0v) is 13.9. The predicted octanol–water partition coefficient (Wildman–Crippen LogP) is 5.34. The van der Waals surface area contributed by atoms with E-state index in [1.54, 1.807) is 0 Å². The minimum absolute atomic E-state index is 0.248. The van der Waals surface area contributed by atoms with Gasteiger partial charge < -0.3 is 5.32 Å². The van der Waals surface area contributed by atoms with E-state index in [9.17, 15) is 0 Å². The zero-order valence-electron chi connectivity index (χ0n) is 12.4. The van der Waals surface area contributed by atoms with Crippen molar-refractivity contribution in [3.63, 3.8) is 0 Å². The van der Waals surface area contributed by atoms with Crippen molar-refractivity contribution in [1.29, 1.82) is 0 Å². The molecule has 0 heterocycles. The molecule has 1 aromatic rings. The molecular weight excluding hydrogens is 277 g/mol. The second kappa shape index (κ2) is 7.52. The largest absolute Gasteiger partial charge is 0.313 e. The third kappa shape index (κ3) is 4.98. The van der Waals surface area contributed by atoms with Gasteiger partial charge >= 0.3 is 0 Å². The van der Waals surface area contributed by atoms with E-state index in [0.717, 1.165) is 30.8 Å². The number of halogens is 2. The van der Waals surface area contributed by atoms with Crippen LogP contribution in [0.4, 0.5) is 0 Å². The van der Waals surface area contributed by atoms with Crippen LogP contribution in [0.15, 0.2) is 18.2 Å². The van der Waals surface area contributed by atoms with Crippen molar-refractivity contribution in [2.75, 3.05) is 6.54 Å². The number of benzene rings is 1. The maximum Gasteiger partial charge on any atom is 0.0453 e. The van der Waals surface area contributed by atoms with E-state index in [2.05, 4.69) is 33.0 Å².